The summed E-state index contributed by atoms with van der Waals surface area (Å²) in [5.41, 5.74) is 11.4. The number of benzene rings is 1. The number of nitrogens with two attached hydrogens (primary N) is 2. The zero-order valence-corrected chi connectivity index (χ0v) is 10.3. The Labute approximate surface area is 106 Å². The molecule has 0 heterocycles. The lowest BCUT2D eigenvalue weighted by molar-refractivity contribution is 0.0545. The van der Waals surface area contributed by atoms with Crippen molar-refractivity contribution in [1.29, 1.82) is 0 Å². The number of carbonyl (C=O) groups is 1. The summed E-state index contributed by atoms with van der Waals surface area (Å²) in [6.45, 7) is 1.82. The lowest BCUT2D eigenvalue weighted by atomic mass is 10.1. The van der Waals surface area contributed by atoms with Crippen molar-refractivity contribution in [2.24, 2.45) is 5.73 Å². The molecule has 0 aliphatic rings. The molecule has 0 aliphatic carbocycles. The van der Waals surface area contributed by atoms with Gasteiger partial charge in [0.1, 0.15) is 12.4 Å². The predicted molar refractivity (Wildman–Crippen MR) is 67.6 cm³/mol. The normalized spacial score (nSPS) is 10.3. The van der Waals surface area contributed by atoms with E-state index in [4.69, 9.17) is 25.7 Å². The van der Waals surface area contributed by atoms with E-state index >= 15 is 0 Å². The molecule has 1 aromatic carbocycles. The largest absolute Gasteiger partial charge is 0.489 e. The fourth-order valence-corrected chi connectivity index (χ4v) is 1.34. The topological polar surface area (TPSA) is 96.8 Å². The molecule has 6 heteroatoms. The van der Waals surface area contributed by atoms with Gasteiger partial charge in [0.15, 0.2) is 0 Å². The Morgan fingerprint density at radius 1 is 1.22 bits per heavy atom. The van der Waals surface area contributed by atoms with Crippen molar-refractivity contribution in [2.75, 3.05) is 39.3 Å². The van der Waals surface area contributed by atoms with Crippen molar-refractivity contribution >= 4 is 11.6 Å². The summed E-state index contributed by atoms with van der Waals surface area (Å²) in [4.78, 5) is 11.1. The van der Waals surface area contributed by atoms with Crippen LogP contribution >= 0.6 is 0 Å². The van der Waals surface area contributed by atoms with Gasteiger partial charge in [0.2, 0.25) is 0 Å². The molecular weight excluding hydrogens is 236 g/mol. The van der Waals surface area contributed by atoms with Crippen molar-refractivity contribution in [3.63, 3.8) is 0 Å². The Kier molecular flexibility index (Phi) is 5.96. The SMILES string of the molecule is COCCOCCOc1cccc(C(N)=O)c1N. The number of carbonyl (C=O) groups excluding carboxylic acids is 1. The second kappa shape index (κ2) is 7.52. The minimum absolute atomic E-state index is 0.252. The molecule has 0 aliphatic heterocycles. The average molecular weight is 254 g/mol. The van der Waals surface area contributed by atoms with Gasteiger partial charge in [-0.3, -0.25) is 4.79 Å². The summed E-state index contributed by atoms with van der Waals surface area (Å²) in [5, 5.41) is 0. The molecule has 0 fully saturated rings. The van der Waals surface area contributed by atoms with Crippen molar-refractivity contribution < 1.29 is 19.0 Å². The first-order valence-corrected chi connectivity index (χ1v) is 5.54. The van der Waals surface area contributed by atoms with E-state index in [9.17, 15) is 4.79 Å². The van der Waals surface area contributed by atoms with E-state index in [0.717, 1.165) is 0 Å². The maximum atomic E-state index is 11.1. The number of rotatable bonds is 8. The lowest BCUT2D eigenvalue weighted by Gasteiger charge is -2.11. The van der Waals surface area contributed by atoms with Crippen LogP contribution in [0.4, 0.5) is 5.69 Å². The standard InChI is InChI=1S/C12H18N2O4/c1-16-5-6-17-7-8-18-10-4-2-3-9(11(10)13)12(14)15/h2-4H,5-8,13H2,1H3,(H2,14,15). The maximum absolute atomic E-state index is 11.1. The number of methoxy groups -OCH3 is 1. The second-order valence-electron chi connectivity index (χ2n) is 3.54. The van der Waals surface area contributed by atoms with Crippen LogP contribution in [0.5, 0.6) is 5.75 Å². The summed E-state index contributed by atoms with van der Waals surface area (Å²) in [6.07, 6.45) is 0. The van der Waals surface area contributed by atoms with E-state index in [1.165, 1.54) is 0 Å². The number of nitrogen functional groups attached to an aromatic ring is 1. The maximum Gasteiger partial charge on any atom is 0.250 e. The van der Waals surface area contributed by atoms with Gasteiger partial charge in [0.05, 0.1) is 31.1 Å². The first-order valence-electron chi connectivity index (χ1n) is 5.54. The third-order valence-corrected chi connectivity index (χ3v) is 2.25. The van der Waals surface area contributed by atoms with Gasteiger partial charge in [-0.1, -0.05) is 6.07 Å². The molecule has 0 aromatic heterocycles. The first-order chi connectivity index (χ1) is 8.66. The van der Waals surface area contributed by atoms with Gasteiger partial charge in [-0.2, -0.15) is 0 Å². The second-order valence-corrected chi connectivity index (χ2v) is 3.54. The molecule has 0 saturated heterocycles. The average Bonchev–Trinajstić information content (AvgIpc) is 2.35. The molecular formula is C12H18N2O4. The van der Waals surface area contributed by atoms with Crippen LogP contribution in [0, 0.1) is 0 Å². The summed E-state index contributed by atoms with van der Waals surface area (Å²) in [6, 6.07) is 4.90. The van der Waals surface area contributed by atoms with Crippen LogP contribution in [-0.2, 0) is 9.47 Å². The number of amides is 1. The zero-order valence-electron chi connectivity index (χ0n) is 10.3. The fourth-order valence-electron chi connectivity index (χ4n) is 1.34. The molecule has 1 amide bonds. The molecule has 18 heavy (non-hydrogen) atoms. The van der Waals surface area contributed by atoms with Crippen LogP contribution in [0.3, 0.4) is 0 Å². The molecule has 100 valence electrons. The number of primary amides is 1. The van der Waals surface area contributed by atoms with Crippen molar-refractivity contribution in [3.8, 4) is 5.75 Å². The van der Waals surface area contributed by atoms with Gasteiger partial charge in [-0.05, 0) is 12.1 Å². The summed E-state index contributed by atoms with van der Waals surface area (Å²) < 4.78 is 15.5. The highest BCUT2D eigenvalue weighted by atomic mass is 16.5. The molecule has 0 radical (unpaired) electrons. The highest BCUT2D eigenvalue weighted by Crippen LogP contribution is 2.24. The summed E-state index contributed by atoms with van der Waals surface area (Å²) in [5.74, 6) is -0.143. The third kappa shape index (κ3) is 4.23. The molecule has 0 saturated carbocycles. The molecule has 0 unspecified atom stereocenters. The number of anilines is 1. The highest BCUT2D eigenvalue weighted by Gasteiger charge is 2.09. The zero-order chi connectivity index (χ0) is 13.4. The highest BCUT2D eigenvalue weighted by molar-refractivity contribution is 5.99. The van der Waals surface area contributed by atoms with Gasteiger partial charge in [0.25, 0.3) is 5.91 Å². The van der Waals surface area contributed by atoms with Crippen LogP contribution in [0.2, 0.25) is 0 Å². The van der Waals surface area contributed by atoms with Gasteiger partial charge >= 0.3 is 0 Å². The molecule has 1 rings (SSSR count). The van der Waals surface area contributed by atoms with Crippen molar-refractivity contribution in [3.05, 3.63) is 23.8 Å². The Balaban J connectivity index is 2.43. The monoisotopic (exact) mass is 254 g/mol. The number of hydrogen-bond donors (Lipinski definition) is 2. The Morgan fingerprint density at radius 3 is 2.61 bits per heavy atom. The van der Waals surface area contributed by atoms with Crippen LogP contribution in [0.15, 0.2) is 18.2 Å². The molecule has 0 atom stereocenters. The number of ether oxygens (including phenoxy) is 3. The van der Waals surface area contributed by atoms with Crippen LogP contribution < -0.4 is 16.2 Å². The molecule has 6 nitrogen and oxygen atoms in total. The molecule has 1 aromatic rings. The van der Waals surface area contributed by atoms with Crippen molar-refractivity contribution in [2.45, 2.75) is 0 Å². The number of hydrogen-bond acceptors (Lipinski definition) is 5. The molecule has 0 spiro atoms. The van der Waals surface area contributed by atoms with E-state index < -0.39 is 5.91 Å². The van der Waals surface area contributed by atoms with Crippen LogP contribution in [0.1, 0.15) is 10.4 Å². The van der Waals surface area contributed by atoms with Gasteiger partial charge in [0, 0.05) is 7.11 Å². The Morgan fingerprint density at radius 2 is 1.94 bits per heavy atom. The smallest absolute Gasteiger partial charge is 0.250 e. The molecule has 0 bridgehead atoms. The lowest BCUT2D eigenvalue weighted by Crippen LogP contribution is -2.15. The third-order valence-electron chi connectivity index (χ3n) is 2.25. The van der Waals surface area contributed by atoms with Gasteiger partial charge in [-0.15, -0.1) is 0 Å². The molecule has 4 N–H and O–H groups in total. The predicted octanol–water partition coefficient (Wildman–Crippen LogP) is 0.410. The van der Waals surface area contributed by atoms with Crippen LogP contribution in [0.25, 0.3) is 0 Å². The van der Waals surface area contributed by atoms with E-state index in [2.05, 4.69) is 0 Å². The first kappa shape index (κ1) is 14.3. The minimum Gasteiger partial charge on any atom is -0.489 e. The fraction of sp³-hybridized carbons (Fsp3) is 0.417. The van der Waals surface area contributed by atoms with Gasteiger partial charge in [-0.25, -0.2) is 0 Å². The summed E-state index contributed by atoms with van der Waals surface area (Å²) >= 11 is 0. The summed E-state index contributed by atoms with van der Waals surface area (Å²) in [7, 11) is 1.61. The Hall–Kier alpha value is -1.79. The van der Waals surface area contributed by atoms with E-state index in [1.54, 1.807) is 25.3 Å². The van der Waals surface area contributed by atoms with E-state index in [0.29, 0.717) is 32.2 Å². The minimum atomic E-state index is -0.575. The van der Waals surface area contributed by atoms with E-state index in [1.807, 2.05) is 0 Å². The number of para-hydroxylation sites is 1. The van der Waals surface area contributed by atoms with Gasteiger partial charge < -0.3 is 25.7 Å². The van der Waals surface area contributed by atoms with Crippen LogP contribution in [-0.4, -0.2) is 39.4 Å². The quantitative estimate of drug-likeness (QED) is 0.517. The van der Waals surface area contributed by atoms with Crippen molar-refractivity contribution in [1.82, 2.24) is 0 Å². The van der Waals surface area contributed by atoms with E-state index in [-0.39, 0.29) is 11.3 Å². The Bertz CT molecular complexity index is 396.